The lowest BCUT2D eigenvalue weighted by molar-refractivity contribution is -0.147. The molecule has 2 N–H and O–H groups in total. The summed E-state index contributed by atoms with van der Waals surface area (Å²) in [6, 6.07) is -0.831. The maximum atomic E-state index is 12.8. The van der Waals surface area contributed by atoms with Crippen LogP contribution in [0, 0.1) is 0 Å². The van der Waals surface area contributed by atoms with E-state index in [2.05, 4.69) is 4.98 Å². The molecule has 0 spiro atoms. The fourth-order valence-electron chi connectivity index (χ4n) is 2.16. The summed E-state index contributed by atoms with van der Waals surface area (Å²) in [5, 5.41) is -0.0938. The third-order valence-electron chi connectivity index (χ3n) is 3.10. The number of aryl methyl sites for hydroxylation is 1. The summed E-state index contributed by atoms with van der Waals surface area (Å²) >= 11 is 1.52. The Labute approximate surface area is 127 Å². The van der Waals surface area contributed by atoms with Crippen molar-refractivity contribution in [2.24, 2.45) is 7.05 Å². The second kappa shape index (κ2) is 6.24. The molecule has 0 aromatic carbocycles. The Bertz CT molecular complexity index is 609. The van der Waals surface area contributed by atoms with E-state index in [9.17, 15) is 13.2 Å². The van der Waals surface area contributed by atoms with E-state index in [0.717, 1.165) is 4.31 Å². The van der Waals surface area contributed by atoms with E-state index in [-0.39, 0.29) is 24.0 Å². The predicted octanol–water partition coefficient (Wildman–Crippen LogP) is -0.328. The molecule has 0 radical (unpaired) electrons. The average molecular weight is 334 g/mol. The van der Waals surface area contributed by atoms with Gasteiger partial charge in [-0.05, 0) is 6.92 Å². The summed E-state index contributed by atoms with van der Waals surface area (Å²) in [5.74, 6) is 0.384. The fourth-order valence-corrected chi connectivity index (χ4v) is 5.18. The Morgan fingerprint density at radius 1 is 1.62 bits per heavy atom. The first-order chi connectivity index (χ1) is 9.89. The first kappa shape index (κ1) is 16.1. The normalized spacial score (nSPS) is 20.4. The molecule has 0 amide bonds. The molecule has 0 aliphatic carbocycles. The lowest BCUT2D eigenvalue weighted by Gasteiger charge is -2.32. The highest BCUT2D eigenvalue weighted by atomic mass is 32.2. The number of imidazole rings is 1. The second-order valence-corrected chi connectivity index (χ2v) is 7.46. The summed E-state index contributed by atoms with van der Waals surface area (Å²) in [6.45, 7) is 2.13. The van der Waals surface area contributed by atoms with E-state index in [4.69, 9.17) is 10.5 Å². The van der Waals surface area contributed by atoms with Crippen molar-refractivity contribution < 1.29 is 17.9 Å². The molecule has 1 aromatic rings. The van der Waals surface area contributed by atoms with Crippen LogP contribution in [0.15, 0.2) is 11.4 Å². The molecule has 0 bridgehead atoms. The lowest BCUT2D eigenvalue weighted by Crippen LogP contribution is -2.51. The molecule has 1 aliphatic heterocycles. The van der Waals surface area contributed by atoms with E-state index in [0.29, 0.717) is 11.5 Å². The Kier molecular flexibility index (Phi) is 4.79. The molecule has 118 valence electrons. The van der Waals surface area contributed by atoms with Crippen molar-refractivity contribution in [1.82, 2.24) is 13.9 Å². The fraction of sp³-hybridized carbons (Fsp3) is 0.636. The molecule has 2 heterocycles. The third-order valence-corrected chi connectivity index (χ3v) is 6.16. The van der Waals surface area contributed by atoms with Gasteiger partial charge in [0, 0.05) is 25.1 Å². The van der Waals surface area contributed by atoms with Crippen LogP contribution in [0.5, 0.6) is 0 Å². The van der Waals surface area contributed by atoms with Gasteiger partial charge in [0.2, 0.25) is 0 Å². The molecule has 1 fully saturated rings. The largest absolute Gasteiger partial charge is 0.465 e. The number of rotatable bonds is 4. The minimum Gasteiger partial charge on any atom is -0.465 e. The molecule has 1 atom stereocenters. The number of nitrogen functional groups attached to an aromatic ring is 1. The first-order valence-corrected chi connectivity index (χ1v) is 9.02. The van der Waals surface area contributed by atoms with Gasteiger partial charge in [-0.1, -0.05) is 0 Å². The Hall–Kier alpha value is -1.26. The monoisotopic (exact) mass is 334 g/mol. The maximum Gasteiger partial charge on any atom is 0.325 e. The van der Waals surface area contributed by atoms with Crippen molar-refractivity contribution in [3.63, 3.8) is 0 Å². The van der Waals surface area contributed by atoms with E-state index in [1.165, 1.54) is 22.7 Å². The zero-order chi connectivity index (χ0) is 15.6. The van der Waals surface area contributed by atoms with Crippen LogP contribution in [0.2, 0.25) is 0 Å². The minimum absolute atomic E-state index is 0.0710. The molecule has 10 heteroatoms. The number of carbonyl (C=O) groups excluding carboxylic acids is 1. The van der Waals surface area contributed by atoms with E-state index >= 15 is 0 Å². The van der Waals surface area contributed by atoms with Gasteiger partial charge in [0.05, 0.1) is 12.9 Å². The summed E-state index contributed by atoms with van der Waals surface area (Å²) in [6.07, 6.45) is 1.33. The van der Waals surface area contributed by atoms with Crippen LogP contribution in [0.4, 0.5) is 5.82 Å². The molecule has 1 aliphatic rings. The SMILES string of the molecule is CCOC(=O)C1CSCCN1S(=O)(=O)c1c(N)ncn1C. The summed E-state index contributed by atoms with van der Waals surface area (Å²) in [7, 11) is -2.35. The molecule has 1 saturated heterocycles. The molecular weight excluding hydrogens is 316 g/mol. The molecule has 0 saturated carbocycles. The number of esters is 1. The highest BCUT2D eigenvalue weighted by Crippen LogP contribution is 2.27. The Morgan fingerprint density at radius 3 is 2.90 bits per heavy atom. The van der Waals surface area contributed by atoms with Crippen molar-refractivity contribution >= 4 is 33.6 Å². The Morgan fingerprint density at radius 2 is 2.33 bits per heavy atom. The molecule has 8 nitrogen and oxygen atoms in total. The standard InChI is InChI=1S/C11H18N4O4S2/c1-3-19-11(16)8-6-20-5-4-15(8)21(17,18)10-9(12)13-7-14(10)2/h7-8H,3-6,12H2,1-2H3. The highest BCUT2D eigenvalue weighted by molar-refractivity contribution is 7.99. The van der Waals surface area contributed by atoms with Crippen LogP contribution in [0.25, 0.3) is 0 Å². The van der Waals surface area contributed by atoms with Crippen molar-refractivity contribution in [3.05, 3.63) is 6.33 Å². The van der Waals surface area contributed by atoms with Crippen molar-refractivity contribution in [2.75, 3.05) is 30.4 Å². The number of aromatic nitrogens is 2. The van der Waals surface area contributed by atoms with Crippen LogP contribution in [0.3, 0.4) is 0 Å². The zero-order valence-electron chi connectivity index (χ0n) is 11.9. The lowest BCUT2D eigenvalue weighted by atomic mass is 10.3. The number of hydrogen-bond acceptors (Lipinski definition) is 7. The quantitative estimate of drug-likeness (QED) is 0.751. The van der Waals surface area contributed by atoms with Gasteiger partial charge in [-0.3, -0.25) is 4.79 Å². The van der Waals surface area contributed by atoms with Gasteiger partial charge in [-0.15, -0.1) is 0 Å². The number of nitrogens with two attached hydrogens (primary N) is 1. The number of carbonyl (C=O) groups is 1. The van der Waals surface area contributed by atoms with Gasteiger partial charge in [0.15, 0.2) is 10.8 Å². The number of nitrogens with zero attached hydrogens (tertiary/aromatic N) is 3. The zero-order valence-corrected chi connectivity index (χ0v) is 13.5. The van der Waals surface area contributed by atoms with Crippen molar-refractivity contribution in [1.29, 1.82) is 0 Å². The van der Waals surface area contributed by atoms with Gasteiger partial charge < -0.3 is 15.0 Å². The van der Waals surface area contributed by atoms with Gasteiger partial charge in [-0.25, -0.2) is 13.4 Å². The molecule has 1 unspecified atom stereocenters. The van der Waals surface area contributed by atoms with E-state index < -0.39 is 22.0 Å². The van der Waals surface area contributed by atoms with E-state index in [1.807, 2.05) is 0 Å². The average Bonchev–Trinajstić information content (AvgIpc) is 2.79. The van der Waals surface area contributed by atoms with Crippen LogP contribution in [-0.4, -0.2) is 58.9 Å². The predicted molar refractivity (Wildman–Crippen MR) is 79.3 cm³/mol. The Balaban J connectivity index is 2.39. The number of thioether (sulfide) groups is 1. The van der Waals surface area contributed by atoms with Crippen LogP contribution in [-0.2, 0) is 26.6 Å². The van der Waals surface area contributed by atoms with Gasteiger partial charge in [0.25, 0.3) is 10.0 Å². The van der Waals surface area contributed by atoms with Crippen LogP contribution < -0.4 is 5.73 Å². The van der Waals surface area contributed by atoms with E-state index in [1.54, 1.807) is 14.0 Å². The summed E-state index contributed by atoms with van der Waals surface area (Å²) in [5.41, 5.74) is 5.66. The summed E-state index contributed by atoms with van der Waals surface area (Å²) in [4.78, 5) is 15.8. The van der Waals surface area contributed by atoms with Crippen molar-refractivity contribution in [2.45, 2.75) is 18.0 Å². The molecule has 1 aromatic heterocycles. The minimum atomic E-state index is -3.90. The van der Waals surface area contributed by atoms with Crippen LogP contribution in [0.1, 0.15) is 6.92 Å². The first-order valence-electron chi connectivity index (χ1n) is 6.42. The van der Waals surface area contributed by atoms with Crippen LogP contribution >= 0.6 is 11.8 Å². The topological polar surface area (TPSA) is 108 Å². The molecule has 2 rings (SSSR count). The maximum absolute atomic E-state index is 12.8. The van der Waals surface area contributed by atoms with Gasteiger partial charge >= 0.3 is 5.97 Å². The number of ether oxygens (including phenoxy) is 1. The number of anilines is 1. The van der Waals surface area contributed by atoms with Gasteiger partial charge in [-0.2, -0.15) is 16.1 Å². The summed E-state index contributed by atoms with van der Waals surface area (Å²) < 4.78 is 33.0. The molecular formula is C11H18N4O4S2. The van der Waals surface area contributed by atoms with Gasteiger partial charge in [0.1, 0.15) is 6.04 Å². The highest BCUT2D eigenvalue weighted by Gasteiger charge is 2.41. The number of sulfonamides is 1. The number of hydrogen-bond donors (Lipinski definition) is 1. The smallest absolute Gasteiger partial charge is 0.325 e. The van der Waals surface area contributed by atoms with Crippen molar-refractivity contribution in [3.8, 4) is 0 Å². The second-order valence-electron chi connectivity index (χ2n) is 4.50. The third kappa shape index (κ3) is 3.01. The molecule has 21 heavy (non-hydrogen) atoms.